The van der Waals surface area contributed by atoms with E-state index in [1.807, 2.05) is 0 Å². The molecule has 2 aliphatic carbocycles. The molecule has 2 aliphatic rings. The van der Waals surface area contributed by atoms with E-state index in [-0.39, 0.29) is 68.3 Å². The molecule has 0 aliphatic heterocycles. The number of hydrogen-bond donors (Lipinski definition) is 0. The van der Waals surface area contributed by atoms with Crippen LogP contribution in [0, 0.1) is 17.3 Å². The molecule has 58 heavy (non-hydrogen) atoms. The molecular weight excluding hydrogens is 863 g/mol. The Hall–Kier alpha value is -3.90. The molecule has 8 rings (SSSR count). The molecule has 0 unspecified atom stereocenters. The second-order valence-corrected chi connectivity index (χ2v) is 21.4. The summed E-state index contributed by atoms with van der Waals surface area (Å²) in [5.41, 5.74) is -0.247. The van der Waals surface area contributed by atoms with Crippen molar-refractivity contribution in [2.45, 2.75) is 12.8 Å². The molecule has 0 bridgehead atoms. The minimum Gasteiger partial charge on any atom is -1.00 e. The number of rotatable bonds is 16. The van der Waals surface area contributed by atoms with Gasteiger partial charge in [-0.05, 0) is 44.0 Å². The van der Waals surface area contributed by atoms with Crippen LogP contribution in [0.4, 0.5) is 0 Å². The van der Waals surface area contributed by atoms with Crippen LogP contribution in [0.2, 0.25) is 0 Å². The molecule has 0 heterocycles. The first-order chi connectivity index (χ1) is 27.3. The molecule has 7 heteroatoms. The average molecular weight is 911 g/mol. The van der Waals surface area contributed by atoms with Crippen molar-refractivity contribution >= 4 is 47.8 Å². The van der Waals surface area contributed by atoms with E-state index in [0.717, 1.165) is 12.8 Å². The molecule has 0 saturated heterocycles. The van der Waals surface area contributed by atoms with Crippen LogP contribution in [0.15, 0.2) is 231 Å². The van der Waals surface area contributed by atoms with E-state index in [0.29, 0.717) is 13.2 Å². The zero-order valence-corrected chi connectivity index (χ0v) is 38.5. The van der Waals surface area contributed by atoms with Gasteiger partial charge in [0.1, 0.15) is 0 Å². The Labute approximate surface area is 378 Å². The van der Waals surface area contributed by atoms with Crippen LogP contribution >= 0.6 is 0 Å². The summed E-state index contributed by atoms with van der Waals surface area (Å²) in [6, 6.07) is 65.6. The van der Waals surface area contributed by atoms with Crippen LogP contribution in [0.3, 0.4) is 0 Å². The summed E-state index contributed by atoms with van der Waals surface area (Å²) in [4.78, 5) is 0. The Balaban J connectivity index is 0.00000214. The van der Waals surface area contributed by atoms with E-state index < -0.39 is 16.6 Å². The normalized spacial score (nSPS) is 13.8. The summed E-state index contributed by atoms with van der Waals surface area (Å²) in [5.74, 6) is 0.414. The molecule has 0 radical (unpaired) electrons. The van der Waals surface area contributed by atoms with Crippen molar-refractivity contribution in [3.05, 3.63) is 231 Å². The quantitative estimate of drug-likeness (QED) is 0.0837. The van der Waals surface area contributed by atoms with E-state index in [2.05, 4.69) is 231 Å². The van der Waals surface area contributed by atoms with Crippen molar-refractivity contribution in [2.75, 3.05) is 13.2 Å². The van der Waals surface area contributed by atoms with Gasteiger partial charge in [-0.3, -0.25) is 0 Å². The molecule has 0 fully saturated rings. The molecule has 0 saturated carbocycles. The van der Waals surface area contributed by atoms with Crippen LogP contribution < -0.4 is 55.9 Å². The molecule has 2 nitrogen and oxygen atoms in total. The third kappa shape index (κ3) is 9.12. The predicted octanol–water partition coefficient (Wildman–Crippen LogP) is 1.61. The summed E-state index contributed by atoms with van der Waals surface area (Å²) >= 11 is 0. The van der Waals surface area contributed by atoms with Crippen molar-refractivity contribution in [3.8, 4) is 0 Å². The minimum atomic E-state index is -2.97. The van der Waals surface area contributed by atoms with Crippen LogP contribution in [0.5, 0.6) is 0 Å². The summed E-state index contributed by atoms with van der Waals surface area (Å²) in [6.45, 7) is 1.22. The zero-order chi connectivity index (χ0) is 37.2. The molecule has 290 valence electrons. The Morgan fingerprint density at radius 3 is 0.914 bits per heavy atom. The number of allylic oxidation sites excluding steroid dienone is 8. The molecule has 0 aromatic heterocycles. The van der Waals surface area contributed by atoms with Gasteiger partial charge < -0.3 is 33.7 Å². The van der Waals surface area contributed by atoms with Crippen molar-refractivity contribution in [1.82, 2.24) is 0 Å². The van der Waals surface area contributed by atoms with E-state index in [4.69, 9.17) is 8.85 Å². The standard InChI is InChI=1S/C51H48O2Si2.2ClH.Zr/c1-7-28-45(29-8-1)54(46-30-9-2-10-31-46,47-32-11-3-12-33-47)52-41-23-40-51(43-24-19-20-25-43,44-26-21-22-27-44)42-53-55(48-34-13-4-14-35-48,49-36-15-5-16-37-49)50-38-17-6-18-39-50;;;/h1-22,24-39,43-44H,23,40-42H2;2*1H;/q;;;+2/p-2. The molecule has 6 aromatic carbocycles. The molecule has 0 N–H and O–H groups in total. The maximum Gasteiger partial charge on any atom is 2.00 e. The molecular formula is C51H48Cl2O2Si2Zr. The van der Waals surface area contributed by atoms with Gasteiger partial charge in [-0.25, -0.2) is 0 Å². The summed E-state index contributed by atoms with van der Waals surface area (Å²) in [7, 11) is -5.81. The van der Waals surface area contributed by atoms with Gasteiger partial charge in [0, 0.05) is 30.5 Å². The fourth-order valence-corrected chi connectivity index (χ4v) is 16.8. The van der Waals surface area contributed by atoms with Gasteiger partial charge in [0.25, 0.3) is 16.6 Å². The van der Waals surface area contributed by atoms with E-state index >= 15 is 0 Å². The summed E-state index contributed by atoms with van der Waals surface area (Å²) < 4.78 is 15.4. The summed E-state index contributed by atoms with van der Waals surface area (Å²) in [5, 5.41) is 7.54. The van der Waals surface area contributed by atoms with Gasteiger partial charge in [-0.1, -0.05) is 231 Å². The monoisotopic (exact) mass is 908 g/mol. The van der Waals surface area contributed by atoms with Crippen LogP contribution in [0.25, 0.3) is 0 Å². The van der Waals surface area contributed by atoms with E-state index in [1.54, 1.807) is 0 Å². The Kier molecular flexibility index (Phi) is 16.7. The largest absolute Gasteiger partial charge is 2.00 e. The number of benzene rings is 6. The SMILES string of the molecule is C1=CC(C(CCCO[Si](c2ccccc2)(c2ccccc2)c2ccccc2)(CO[Si](c2ccccc2)(c2ccccc2)c2ccccc2)C2C=CC=C2)C=C1.[Cl-].[Cl-].[Zr+2]. The first-order valence-electron chi connectivity index (χ1n) is 19.6. The summed E-state index contributed by atoms with van der Waals surface area (Å²) in [6.07, 6.45) is 20.2. The Bertz CT molecular complexity index is 1990. The smallest absolute Gasteiger partial charge is 1.00 e. The number of halogens is 2. The van der Waals surface area contributed by atoms with Gasteiger partial charge in [0.05, 0.1) is 0 Å². The van der Waals surface area contributed by atoms with Crippen molar-refractivity contribution in [1.29, 1.82) is 0 Å². The van der Waals surface area contributed by atoms with E-state index in [1.165, 1.54) is 31.1 Å². The van der Waals surface area contributed by atoms with Crippen LogP contribution in [-0.2, 0) is 35.1 Å². The van der Waals surface area contributed by atoms with Crippen LogP contribution in [0.1, 0.15) is 12.8 Å². The topological polar surface area (TPSA) is 18.5 Å². The maximum absolute atomic E-state index is 7.86. The van der Waals surface area contributed by atoms with Gasteiger partial charge in [-0.15, -0.1) is 0 Å². The first kappa shape index (κ1) is 45.2. The fourth-order valence-electron chi connectivity index (χ4n) is 8.86. The van der Waals surface area contributed by atoms with Gasteiger partial charge >= 0.3 is 26.2 Å². The molecule has 0 atom stereocenters. The first-order valence-corrected chi connectivity index (χ1v) is 23.4. The second-order valence-electron chi connectivity index (χ2n) is 14.6. The minimum absolute atomic E-state index is 0. The maximum atomic E-state index is 7.86. The predicted molar refractivity (Wildman–Crippen MR) is 235 cm³/mol. The van der Waals surface area contributed by atoms with E-state index in [9.17, 15) is 0 Å². The van der Waals surface area contributed by atoms with Gasteiger partial charge in [0.2, 0.25) is 0 Å². The average Bonchev–Trinajstić information content (AvgIpc) is 4.03. The third-order valence-corrected chi connectivity index (χ3v) is 19.7. The Morgan fingerprint density at radius 1 is 0.379 bits per heavy atom. The molecule has 6 aromatic rings. The zero-order valence-electron chi connectivity index (χ0n) is 32.5. The van der Waals surface area contributed by atoms with Gasteiger partial charge in [-0.2, -0.15) is 0 Å². The molecule has 0 spiro atoms. The third-order valence-electron chi connectivity index (χ3n) is 11.6. The van der Waals surface area contributed by atoms with Crippen molar-refractivity contribution < 1.29 is 59.9 Å². The molecule has 0 amide bonds. The second kappa shape index (κ2) is 21.4. The van der Waals surface area contributed by atoms with Crippen LogP contribution in [-0.4, -0.2) is 29.8 Å². The van der Waals surface area contributed by atoms with Gasteiger partial charge in [0.15, 0.2) is 0 Å². The Morgan fingerprint density at radius 2 is 0.638 bits per heavy atom. The number of hydrogen-bond acceptors (Lipinski definition) is 2. The van der Waals surface area contributed by atoms with Crippen molar-refractivity contribution in [2.24, 2.45) is 17.3 Å². The van der Waals surface area contributed by atoms with Crippen molar-refractivity contribution in [3.63, 3.8) is 0 Å². The fraction of sp³-hybridized carbons (Fsp3) is 0.137.